The molecule has 0 aliphatic carbocycles. The molecule has 0 aromatic carbocycles. The van der Waals surface area contributed by atoms with E-state index in [2.05, 4.69) is 15.1 Å². The first-order valence-corrected chi connectivity index (χ1v) is 5.89. The van der Waals surface area contributed by atoms with Gasteiger partial charge in [-0.1, -0.05) is 0 Å². The van der Waals surface area contributed by atoms with Crippen molar-refractivity contribution in [2.75, 3.05) is 0 Å². The molecule has 0 N–H and O–H groups in total. The Morgan fingerprint density at radius 1 is 1.44 bits per heavy atom. The number of aryl methyl sites for hydroxylation is 1. The van der Waals surface area contributed by atoms with E-state index < -0.39 is 0 Å². The highest BCUT2D eigenvalue weighted by atomic mass is 35.5. The van der Waals surface area contributed by atoms with Gasteiger partial charge in [0, 0.05) is 30.4 Å². The lowest BCUT2D eigenvalue weighted by Crippen LogP contribution is -1.93. The lowest BCUT2D eigenvalue weighted by Gasteiger charge is -1.99. The summed E-state index contributed by atoms with van der Waals surface area (Å²) in [6.07, 6.45) is 3.51. The van der Waals surface area contributed by atoms with Crippen LogP contribution in [-0.2, 0) is 7.05 Å². The minimum atomic E-state index is 0.273. The Hall–Kier alpha value is -1.46. The van der Waals surface area contributed by atoms with Crippen molar-refractivity contribution in [3.8, 4) is 11.3 Å². The van der Waals surface area contributed by atoms with E-state index in [-0.39, 0.29) is 5.28 Å². The average molecular weight is 251 g/mol. The minimum absolute atomic E-state index is 0.273. The van der Waals surface area contributed by atoms with Crippen molar-refractivity contribution in [1.82, 2.24) is 19.7 Å². The molecule has 80 valence electrons. The summed E-state index contributed by atoms with van der Waals surface area (Å²) in [5, 5.41) is 6.47. The number of nitrogens with zero attached hydrogens (tertiary/aromatic N) is 4. The monoisotopic (exact) mass is 250 g/mol. The molecule has 0 saturated carbocycles. The first-order valence-electron chi connectivity index (χ1n) is 4.64. The van der Waals surface area contributed by atoms with Crippen molar-refractivity contribution in [1.29, 1.82) is 0 Å². The number of fused-ring (bicyclic) bond motifs is 1. The van der Waals surface area contributed by atoms with E-state index in [4.69, 9.17) is 11.6 Å². The Morgan fingerprint density at radius 2 is 2.31 bits per heavy atom. The number of aromatic nitrogens is 4. The number of halogens is 1. The molecule has 3 aromatic rings. The Labute approximate surface area is 101 Å². The van der Waals surface area contributed by atoms with Crippen LogP contribution in [-0.4, -0.2) is 19.7 Å². The second-order valence-corrected chi connectivity index (χ2v) is 4.59. The van der Waals surface area contributed by atoms with Crippen molar-refractivity contribution in [3.05, 3.63) is 29.1 Å². The van der Waals surface area contributed by atoms with E-state index in [1.54, 1.807) is 23.7 Å². The summed E-state index contributed by atoms with van der Waals surface area (Å²) in [6.45, 7) is 0. The van der Waals surface area contributed by atoms with Crippen LogP contribution < -0.4 is 0 Å². The number of thiophene rings is 1. The van der Waals surface area contributed by atoms with E-state index in [1.165, 1.54) is 0 Å². The zero-order valence-corrected chi connectivity index (χ0v) is 9.96. The molecular weight excluding hydrogens is 244 g/mol. The SMILES string of the molecule is Cn1nccc1-c1csc2cnc(Cl)nc12. The summed E-state index contributed by atoms with van der Waals surface area (Å²) in [6, 6.07) is 1.96. The topological polar surface area (TPSA) is 43.6 Å². The first-order chi connectivity index (χ1) is 7.75. The van der Waals surface area contributed by atoms with Crippen molar-refractivity contribution >= 4 is 33.2 Å². The average Bonchev–Trinajstić information content (AvgIpc) is 2.83. The van der Waals surface area contributed by atoms with Crippen LogP contribution in [0.3, 0.4) is 0 Å². The summed E-state index contributed by atoms with van der Waals surface area (Å²) in [7, 11) is 1.90. The van der Waals surface area contributed by atoms with Gasteiger partial charge >= 0.3 is 0 Å². The van der Waals surface area contributed by atoms with Gasteiger partial charge in [-0.2, -0.15) is 5.10 Å². The third-order valence-corrected chi connectivity index (χ3v) is 3.47. The Balaban J connectivity index is 2.32. The van der Waals surface area contributed by atoms with Crippen LogP contribution in [0.4, 0.5) is 0 Å². The molecule has 16 heavy (non-hydrogen) atoms. The molecule has 3 aromatic heterocycles. The fraction of sp³-hybridized carbons (Fsp3) is 0.100. The zero-order chi connectivity index (χ0) is 11.1. The van der Waals surface area contributed by atoms with Crippen molar-refractivity contribution in [2.45, 2.75) is 0 Å². The van der Waals surface area contributed by atoms with E-state index in [1.807, 2.05) is 23.2 Å². The molecule has 0 bridgehead atoms. The van der Waals surface area contributed by atoms with E-state index >= 15 is 0 Å². The molecule has 3 rings (SSSR count). The summed E-state index contributed by atoms with van der Waals surface area (Å²) >= 11 is 7.41. The van der Waals surface area contributed by atoms with E-state index in [0.29, 0.717) is 0 Å². The second-order valence-electron chi connectivity index (χ2n) is 3.34. The van der Waals surface area contributed by atoms with E-state index in [0.717, 1.165) is 21.5 Å². The molecule has 0 fully saturated rings. The maximum absolute atomic E-state index is 5.81. The van der Waals surface area contributed by atoms with Gasteiger partial charge in [0.25, 0.3) is 0 Å². The number of rotatable bonds is 1. The normalized spacial score (nSPS) is 11.1. The predicted molar refractivity (Wildman–Crippen MR) is 64.6 cm³/mol. The van der Waals surface area contributed by atoms with Gasteiger partial charge < -0.3 is 0 Å². The summed E-state index contributed by atoms with van der Waals surface area (Å²) < 4.78 is 2.85. The van der Waals surface area contributed by atoms with Crippen molar-refractivity contribution in [2.24, 2.45) is 7.05 Å². The molecule has 0 aliphatic heterocycles. The maximum Gasteiger partial charge on any atom is 0.222 e. The van der Waals surface area contributed by atoms with Gasteiger partial charge in [-0.3, -0.25) is 4.68 Å². The molecule has 0 spiro atoms. The Morgan fingerprint density at radius 3 is 3.06 bits per heavy atom. The van der Waals surface area contributed by atoms with Gasteiger partial charge in [0.2, 0.25) is 5.28 Å². The van der Waals surface area contributed by atoms with Gasteiger partial charge in [-0.15, -0.1) is 11.3 Å². The number of hydrogen-bond donors (Lipinski definition) is 0. The van der Waals surface area contributed by atoms with Gasteiger partial charge in [-0.25, -0.2) is 9.97 Å². The lowest BCUT2D eigenvalue weighted by atomic mass is 10.2. The molecule has 0 radical (unpaired) electrons. The minimum Gasteiger partial charge on any atom is -0.268 e. The second kappa shape index (κ2) is 3.54. The maximum atomic E-state index is 5.81. The van der Waals surface area contributed by atoms with Crippen molar-refractivity contribution < 1.29 is 0 Å². The van der Waals surface area contributed by atoms with Crippen LogP contribution in [0.15, 0.2) is 23.8 Å². The molecule has 0 saturated heterocycles. The third-order valence-electron chi connectivity index (χ3n) is 2.38. The zero-order valence-electron chi connectivity index (χ0n) is 8.38. The Bertz CT molecular complexity index is 658. The molecule has 0 atom stereocenters. The highest BCUT2D eigenvalue weighted by Crippen LogP contribution is 2.32. The van der Waals surface area contributed by atoms with Crippen LogP contribution in [0.25, 0.3) is 21.5 Å². The standard InChI is InChI=1S/C10H7ClN4S/c1-15-7(2-3-13-15)6-5-16-8-4-12-10(11)14-9(6)8/h2-5H,1H3. The van der Waals surface area contributed by atoms with Crippen LogP contribution in [0.1, 0.15) is 0 Å². The van der Waals surface area contributed by atoms with Crippen LogP contribution in [0.5, 0.6) is 0 Å². The van der Waals surface area contributed by atoms with Gasteiger partial charge in [0.05, 0.1) is 15.9 Å². The largest absolute Gasteiger partial charge is 0.268 e. The highest BCUT2D eigenvalue weighted by Gasteiger charge is 2.11. The summed E-state index contributed by atoms with van der Waals surface area (Å²) in [5.74, 6) is 0. The molecule has 0 unspecified atom stereocenters. The van der Waals surface area contributed by atoms with Crippen molar-refractivity contribution in [3.63, 3.8) is 0 Å². The molecule has 0 amide bonds. The number of hydrogen-bond acceptors (Lipinski definition) is 4. The summed E-state index contributed by atoms with van der Waals surface area (Å²) in [5.41, 5.74) is 2.96. The molecule has 3 heterocycles. The molecule has 6 heteroatoms. The fourth-order valence-corrected chi connectivity index (χ4v) is 2.62. The smallest absolute Gasteiger partial charge is 0.222 e. The fourth-order valence-electron chi connectivity index (χ4n) is 1.63. The van der Waals surface area contributed by atoms with Crippen LogP contribution in [0.2, 0.25) is 5.28 Å². The molecular formula is C10H7ClN4S. The summed E-state index contributed by atoms with van der Waals surface area (Å²) in [4.78, 5) is 8.22. The lowest BCUT2D eigenvalue weighted by molar-refractivity contribution is 0.776. The first kappa shape index (κ1) is 9.74. The van der Waals surface area contributed by atoms with E-state index in [9.17, 15) is 0 Å². The molecule has 0 aliphatic rings. The van der Waals surface area contributed by atoms with Crippen LogP contribution >= 0.6 is 22.9 Å². The Kier molecular flexibility index (Phi) is 2.15. The van der Waals surface area contributed by atoms with Gasteiger partial charge in [0.1, 0.15) is 0 Å². The molecule has 4 nitrogen and oxygen atoms in total. The third kappa shape index (κ3) is 1.40. The van der Waals surface area contributed by atoms with Crippen LogP contribution in [0, 0.1) is 0 Å². The predicted octanol–water partition coefficient (Wildman–Crippen LogP) is 2.75. The van der Waals surface area contributed by atoms with Gasteiger partial charge in [-0.05, 0) is 17.7 Å². The van der Waals surface area contributed by atoms with Gasteiger partial charge in [0.15, 0.2) is 0 Å². The highest BCUT2D eigenvalue weighted by molar-refractivity contribution is 7.17. The quantitative estimate of drug-likeness (QED) is 0.624.